The van der Waals surface area contributed by atoms with E-state index in [0.717, 1.165) is 5.56 Å². The second kappa shape index (κ2) is 8.91. The fourth-order valence-corrected chi connectivity index (χ4v) is 4.03. The number of non-ortho nitro benzene ring substituents is 2. The fraction of sp³-hybridized carbons (Fsp3) is 0.125. The number of nitrogens with zero attached hydrogens (tertiary/aromatic N) is 3. The summed E-state index contributed by atoms with van der Waals surface area (Å²) in [5.74, 6) is -0.524. The van der Waals surface area contributed by atoms with Crippen LogP contribution in [-0.4, -0.2) is 22.9 Å². The first-order valence-electron chi connectivity index (χ1n) is 10.0. The van der Waals surface area contributed by atoms with Crippen molar-refractivity contribution in [1.29, 1.82) is 0 Å². The fourth-order valence-electron chi connectivity index (χ4n) is 4.03. The number of hydrogen-bond donors (Lipinski definition) is 0. The van der Waals surface area contributed by atoms with Crippen LogP contribution in [0.3, 0.4) is 0 Å². The quantitative estimate of drug-likeness (QED) is 0.301. The van der Waals surface area contributed by atoms with Gasteiger partial charge in [-0.3, -0.25) is 20.2 Å². The number of esters is 1. The molecule has 0 radical (unpaired) electrons. The largest absolute Gasteiger partial charge is 0.466 e. The molecule has 1 heterocycles. The molecule has 1 aliphatic heterocycles. The van der Waals surface area contributed by atoms with Crippen LogP contribution in [-0.2, 0) is 9.53 Å². The number of methoxy groups -OCH3 is 1. The van der Waals surface area contributed by atoms with Crippen molar-refractivity contribution in [3.63, 3.8) is 0 Å². The molecule has 0 aliphatic carbocycles. The zero-order valence-corrected chi connectivity index (χ0v) is 17.5. The van der Waals surface area contributed by atoms with Crippen molar-refractivity contribution < 1.29 is 19.4 Å². The Labute approximate surface area is 188 Å². The first-order valence-corrected chi connectivity index (χ1v) is 10.0. The van der Waals surface area contributed by atoms with E-state index in [4.69, 9.17) is 4.74 Å². The lowest BCUT2D eigenvalue weighted by molar-refractivity contribution is -0.385. The molecule has 166 valence electrons. The Morgan fingerprint density at radius 2 is 1.36 bits per heavy atom. The lowest BCUT2D eigenvalue weighted by atomic mass is 9.99. The van der Waals surface area contributed by atoms with Gasteiger partial charge in [0.05, 0.1) is 34.6 Å². The van der Waals surface area contributed by atoms with Crippen LogP contribution in [0.15, 0.2) is 90.5 Å². The summed E-state index contributed by atoms with van der Waals surface area (Å²) in [5.41, 5.74) is 2.45. The molecule has 9 heteroatoms. The van der Waals surface area contributed by atoms with E-state index in [1.165, 1.54) is 31.4 Å². The van der Waals surface area contributed by atoms with Gasteiger partial charge in [-0.15, -0.1) is 0 Å². The zero-order chi connectivity index (χ0) is 23.5. The van der Waals surface area contributed by atoms with Gasteiger partial charge in [0.2, 0.25) is 0 Å². The number of rotatable bonds is 6. The summed E-state index contributed by atoms with van der Waals surface area (Å²) < 4.78 is 5.04. The van der Waals surface area contributed by atoms with Crippen LogP contribution >= 0.6 is 0 Å². The highest BCUT2D eigenvalue weighted by Crippen LogP contribution is 2.47. The van der Waals surface area contributed by atoms with Gasteiger partial charge in [-0.1, -0.05) is 30.3 Å². The second-order valence-corrected chi connectivity index (χ2v) is 7.40. The SMILES string of the molecule is COC(=O)C1=C[C@@H](c2ccccc2)N(c2ccc([N+](=O)[O-])cc2)[C@@H]1c1ccc([N+](=O)[O-])cc1. The van der Waals surface area contributed by atoms with Gasteiger partial charge in [-0.25, -0.2) is 4.79 Å². The highest BCUT2D eigenvalue weighted by Gasteiger charge is 2.40. The van der Waals surface area contributed by atoms with E-state index < -0.39 is 21.9 Å². The van der Waals surface area contributed by atoms with Crippen LogP contribution in [0.1, 0.15) is 23.2 Å². The Morgan fingerprint density at radius 1 is 0.818 bits per heavy atom. The van der Waals surface area contributed by atoms with Crippen LogP contribution in [0.4, 0.5) is 17.1 Å². The summed E-state index contributed by atoms with van der Waals surface area (Å²) in [7, 11) is 1.29. The first-order chi connectivity index (χ1) is 15.9. The Bertz CT molecular complexity index is 1220. The number of carbonyl (C=O) groups excluding carboxylic acids is 1. The van der Waals surface area contributed by atoms with Gasteiger partial charge < -0.3 is 9.64 Å². The maximum atomic E-state index is 12.8. The lowest BCUT2D eigenvalue weighted by Crippen LogP contribution is -2.29. The summed E-state index contributed by atoms with van der Waals surface area (Å²) in [4.78, 5) is 36.0. The minimum Gasteiger partial charge on any atom is -0.466 e. The molecule has 0 N–H and O–H groups in total. The van der Waals surface area contributed by atoms with E-state index in [0.29, 0.717) is 16.8 Å². The molecule has 0 spiro atoms. The topological polar surface area (TPSA) is 116 Å². The van der Waals surface area contributed by atoms with Crippen LogP contribution in [0.5, 0.6) is 0 Å². The number of ether oxygens (including phenoxy) is 1. The minimum atomic E-state index is -0.620. The maximum Gasteiger partial charge on any atom is 0.335 e. The molecule has 33 heavy (non-hydrogen) atoms. The first kappa shape index (κ1) is 21.7. The third kappa shape index (κ3) is 4.16. The third-order valence-electron chi connectivity index (χ3n) is 5.55. The predicted octanol–water partition coefficient (Wildman–Crippen LogP) is 4.91. The Balaban J connectivity index is 1.88. The number of nitro groups is 2. The molecule has 0 amide bonds. The Kier molecular flexibility index (Phi) is 5.86. The third-order valence-corrected chi connectivity index (χ3v) is 5.55. The van der Waals surface area contributed by atoms with Gasteiger partial charge in [0.15, 0.2) is 0 Å². The van der Waals surface area contributed by atoms with E-state index in [-0.39, 0.29) is 17.4 Å². The van der Waals surface area contributed by atoms with Crippen molar-refractivity contribution in [2.45, 2.75) is 12.1 Å². The molecular formula is C24H19N3O6. The van der Waals surface area contributed by atoms with Gasteiger partial charge in [-0.05, 0) is 41.5 Å². The van der Waals surface area contributed by atoms with Gasteiger partial charge >= 0.3 is 5.97 Å². The molecule has 3 aromatic rings. The lowest BCUT2D eigenvalue weighted by Gasteiger charge is -2.34. The van der Waals surface area contributed by atoms with Crippen LogP contribution in [0.2, 0.25) is 0 Å². The standard InChI is InChI=1S/C24H19N3O6/c1-33-24(28)21-15-22(16-5-3-2-4-6-16)25(18-11-13-20(14-12-18)27(31)32)23(21)17-7-9-19(10-8-17)26(29)30/h2-15,22-23H,1H3/t22-,23+/m0/s1. The summed E-state index contributed by atoms with van der Waals surface area (Å²) in [6.45, 7) is 0. The van der Waals surface area contributed by atoms with Crippen molar-refractivity contribution in [2.24, 2.45) is 0 Å². The number of anilines is 1. The van der Waals surface area contributed by atoms with E-state index in [1.807, 2.05) is 35.2 Å². The molecule has 9 nitrogen and oxygen atoms in total. The summed E-state index contributed by atoms with van der Waals surface area (Å²) in [6, 6.07) is 20.5. The number of nitro benzene ring substituents is 2. The molecule has 1 aliphatic rings. The molecular weight excluding hydrogens is 426 g/mol. The van der Waals surface area contributed by atoms with Crippen LogP contribution < -0.4 is 4.90 Å². The summed E-state index contributed by atoms with van der Waals surface area (Å²) in [5, 5.41) is 22.3. The van der Waals surface area contributed by atoms with Gasteiger partial charge in [-0.2, -0.15) is 0 Å². The summed E-state index contributed by atoms with van der Waals surface area (Å²) in [6.07, 6.45) is 1.80. The Hall–Kier alpha value is -4.53. The normalized spacial score (nSPS) is 17.4. The van der Waals surface area contributed by atoms with Crippen molar-refractivity contribution in [1.82, 2.24) is 0 Å². The minimum absolute atomic E-state index is 0.0535. The molecule has 0 bridgehead atoms. The highest BCUT2D eigenvalue weighted by atomic mass is 16.6. The molecule has 0 saturated carbocycles. The van der Waals surface area contributed by atoms with Crippen LogP contribution in [0, 0.1) is 20.2 Å². The monoisotopic (exact) mass is 445 g/mol. The highest BCUT2D eigenvalue weighted by molar-refractivity contribution is 5.93. The molecule has 2 atom stereocenters. The molecule has 4 rings (SSSR count). The van der Waals surface area contributed by atoms with E-state index >= 15 is 0 Å². The number of carbonyl (C=O) groups is 1. The van der Waals surface area contributed by atoms with Crippen molar-refractivity contribution in [3.8, 4) is 0 Å². The van der Waals surface area contributed by atoms with Gasteiger partial charge in [0.25, 0.3) is 11.4 Å². The molecule has 3 aromatic carbocycles. The van der Waals surface area contributed by atoms with E-state index in [1.54, 1.807) is 30.3 Å². The average molecular weight is 445 g/mol. The van der Waals surface area contributed by atoms with Gasteiger partial charge in [0, 0.05) is 30.0 Å². The van der Waals surface area contributed by atoms with Crippen molar-refractivity contribution in [3.05, 3.63) is 122 Å². The van der Waals surface area contributed by atoms with Gasteiger partial charge in [0.1, 0.15) is 0 Å². The Morgan fingerprint density at radius 3 is 1.88 bits per heavy atom. The van der Waals surface area contributed by atoms with E-state index in [9.17, 15) is 25.0 Å². The van der Waals surface area contributed by atoms with E-state index in [2.05, 4.69) is 0 Å². The molecule has 0 aromatic heterocycles. The second-order valence-electron chi connectivity index (χ2n) is 7.40. The zero-order valence-electron chi connectivity index (χ0n) is 17.5. The maximum absolute atomic E-state index is 12.8. The molecule has 0 saturated heterocycles. The van der Waals surface area contributed by atoms with Crippen molar-refractivity contribution >= 4 is 23.0 Å². The number of hydrogen-bond acceptors (Lipinski definition) is 7. The number of benzene rings is 3. The average Bonchev–Trinajstić information content (AvgIpc) is 3.25. The summed E-state index contributed by atoms with van der Waals surface area (Å²) >= 11 is 0. The predicted molar refractivity (Wildman–Crippen MR) is 121 cm³/mol. The molecule has 0 fully saturated rings. The molecule has 0 unspecified atom stereocenters. The smallest absolute Gasteiger partial charge is 0.335 e. The van der Waals surface area contributed by atoms with Crippen LogP contribution in [0.25, 0.3) is 0 Å². The van der Waals surface area contributed by atoms with Crippen molar-refractivity contribution in [2.75, 3.05) is 12.0 Å².